The van der Waals surface area contributed by atoms with Gasteiger partial charge in [-0.15, -0.1) is 5.10 Å². The fourth-order valence-electron chi connectivity index (χ4n) is 1.30. The molecule has 0 spiro atoms. The van der Waals surface area contributed by atoms with E-state index in [4.69, 9.17) is 16.7 Å². The quantitative estimate of drug-likeness (QED) is 0.849. The van der Waals surface area contributed by atoms with Gasteiger partial charge in [-0.2, -0.15) is 0 Å². The van der Waals surface area contributed by atoms with Crippen molar-refractivity contribution in [3.05, 3.63) is 34.6 Å². The third-order valence-corrected chi connectivity index (χ3v) is 3.47. The zero-order valence-electron chi connectivity index (χ0n) is 9.45. The van der Waals surface area contributed by atoms with E-state index in [0.29, 0.717) is 16.5 Å². The monoisotopic (exact) mass is 302 g/mol. The van der Waals surface area contributed by atoms with Crippen LogP contribution in [0.4, 0.5) is 4.39 Å². The second kappa shape index (κ2) is 5.98. The van der Waals surface area contributed by atoms with Crippen LogP contribution in [0.25, 0.3) is 0 Å². The molecule has 0 fully saturated rings. The average molecular weight is 303 g/mol. The van der Waals surface area contributed by atoms with Gasteiger partial charge in [0.25, 0.3) is 0 Å². The molecule has 0 amide bonds. The summed E-state index contributed by atoms with van der Waals surface area (Å²) >= 11 is 6.80. The molecule has 0 saturated heterocycles. The summed E-state index contributed by atoms with van der Waals surface area (Å²) in [5.41, 5.74) is 0.705. The average Bonchev–Trinajstić information content (AvgIpc) is 2.77. The Morgan fingerprint density at radius 3 is 3.00 bits per heavy atom. The molecule has 1 N–H and O–H groups in total. The van der Waals surface area contributed by atoms with Crippen LogP contribution in [0.2, 0.25) is 5.02 Å². The highest BCUT2D eigenvalue weighted by Gasteiger charge is 2.10. The van der Waals surface area contributed by atoms with Crippen molar-refractivity contribution < 1.29 is 14.3 Å². The molecule has 0 aliphatic rings. The van der Waals surface area contributed by atoms with Crippen LogP contribution in [0.1, 0.15) is 5.56 Å². The first kappa shape index (κ1) is 13.8. The molecule has 1 aromatic heterocycles. The largest absolute Gasteiger partial charge is 0.480 e. The van der Waals surface area contributed by atoms with E-state index in [1.165, 1.54) is 28.6 Å². The Morgan fingerprint density at radius 1 is 1.53 bits per heavy atom. The molecule has 0 saturated carbocycles. The van der Waals surface area contributed by atoms with Gasteiger partial charge in [0, 0.05) is 5.75 Å². The van der Waals surface area contributed by atoms with Gasteiger partial charge in [-0.25, -0.2) is 9.07 Å². The number of carboxylic acid groups (broad SMARTS) is 1. The number of benzene rings is 1. The van der Waals surface area contributed by atoms with Crippen molar-refractivity contribution in [2.24, 2.45) is 0 Å². The topological polar surface area (TPSA) is 80.9 Å². The second-order valence-electron chi connectivity index (χ2n) is 3.55. The maximum Gasteiger partial charge on any atom is 0.325 e. The van der Waals surface area contributed by atoms with E-state index >= 15 is 0 Å². The van der Waals surface area contributed by atoms with Crippen molar-refractivity contribution in [2.45, 2.75) is 17.5 Å². The van der Waals surface area contributed by atoms with Gasteiger partial charge < -0.3 is 5.11 Å². The molecule has 6 nitrogen and oxygen atoms in total. The lowest BCUT2D eigenvalue weighted by Gasteiger charge is -2.03. The van der Waals surface area contributed by atoms with Crippen molar-refractivity contribution in [3.8, 4) is 0 Å². The maximum absolute atomic E-state index is 13.2. The van der Waals surface area contributed by atoms with E-state index in [1.807, 2.05) is 0 Å². The molecule has 1 aromatic carbocycles. The van der Waals surface area contributed by atoms with Gasteiger partial charge in [0.1, 0.15) is 12.4 Å². The molecule has 0 aliphatic carbocycles. The van der Waals surface area contributed by atoms with E-state index in [0.717, 1.165) is 0 Å². The van der Waals surface area contributed by atoms with Crippen LogP contribution in [0, 0.1) is 5.82 Å². The molecular weight excluding hydrogens is 295 g/mol. The van der Waals surface area contributed by atoms with Crippen molar-refractivity contribution in [3.63, 3.8) is 0 Å². The predicted molar refractivity (Wildman–Crippen MR) is 66.4 cm³/mol. The lowest BCUT2D eigenvalue weighted by atomic mass is 10.2. The van der Waals surface area contributed by atoms with E-state index < -0.39 is 11.8 Å². The lowest BCUT2D eigenvalue weighted by molar-refractivity contribution is -0.138. The van der Waals surface area contributed by atoms with E-state index in [1.54, 1.807) is 6.07 Å². The van der Waals surface area contributed by atoms with Crippen molar-refractivity contribution in [1.82, 2.24) is 20.2 Å². The van der Waals surface area contributed by atoms with Gasteiger partial charge in [0.05, 0.1) is 5.02 Å². The number of rotatable bonds is 5. The third-order valence-electron chi connectivity index (χ3n) is 2.14. The third kappa shape index (κ3) is 3.65. The number of halogens is 2. The number of thioether (sulfide) groups is 1. The van der Waals surface area contributed by atoms with Gasteiger partial charge in [-0.05, 0) is 28.1 Å². The summed E-state index contributed by atoms with van der Waals surface area (Å²) < 4.78 is 14.4. The van der Waals surface area contributed by atoms with Crippen LogP contribution in [0.5, 0.6) is 0 Å². The molecule has 2 rings (SSSR count). The molecule has 0 atom stereocenters. The van der Waals surface area contributed by atoms with E-state index in [9.17, 15) is 9.18 Å². The Bertz CT molecular complexity index is 607. The fraction of sp³-hybridized carbons (Fsp3) is 0.200. The minimum atomic E-state index is -1.04. The summed E-state index contributed by atoms with van der Waals surface area (Å²) in [4.78, 5) is 10.6. The SMILES string of the molecule is O=C(O)Cn1nnnc1SCc1ccc(Cl)c(F)c1. The first-order chi connectivity index (χ1) is 9.06. The number of hydrogen-bond acceptors (Lipinski definition) is 5. The van der Waals surface area contributed by atoms with Crippen LogP contribution in [0.15, 0.2) is 23.4 Å². The minimum Gasteiger partial charge on any atom is -0.480 e. The minimum absolute atomic E-state index is 0.0597. The summed E-state index contributed by atoms with van der Waals surface area (Å²) in [7, 11) is 0. The molecule has 19 heavy (non-hydrogen) atoms. The number of hydrogen-bond donors (Lipinski definition) is 1. The number of aromatic nitrogens is 4. The van der Waals surface area contributed by atoms with Gasteiger partial charge in [0.15, 0.2) is 0 Å². The Hall–Kier alpha value is -1.67. The highest BCUT2D eigenvalue weighted by Crippen LogP contribution is 2.22. The van der Waals surface area contributed by atoms with Gasteiger partial charge in [-0.1, -0.05) is 29.4 Å². The molecule has 0 radical (unpaired) electrons. The van der Waals surface area contributed by atoms with Gasteiger partial charge in [-0.3, -0.25) is 4.79 Å². The fourth-order valence-corrected chi connectivity index (χ4v) is 2.24. The predicted octanol–water partition coefficient (Wildman–Crippen LogP) is 1.84. The summed E-state index contributed by atoms with van der Waals surface area (Å²) in [6.07, 6.45) is 0. The van der Waals surface area contributed by atoms with Crippen LogP contribution < -0.4 is 0 Å². The van der Waals surface area contributed by atoms with Crippen molar-refractivity contribution in [1.29, 1.82) is 0 Å². The highest BCUT2D eigenvalue weighted by molar-refractivity contribution is 7.98. The first-order valence-electron chi connectivity index (χ1n) is 5.11. The zero-order chi connectivity index (χ0) is 13.8. The number of nitrogens with zero attached hydrogens (tertiary/aromatic N) is 4. The molecule has 1 heterocycles. The Balaban J connectivity index is 2.04. The van der Waals surface area contributed by atoms with Crippen LogP contribution in [0.3, 0.4) is 0 Å². The maximum atomic E-state index is 13.2. The van der Waals surface area contributed by atoms with E-state index in [2.05, 4.69) is 15.5 Å². The van der Waals surface area contributed by atoms with Gasteiger partial charge >= 0.3 is 5.97 Å². The molecule has 100 valence electrons. The lowest BCUT2D eigenvalue weighted by Crippen LogP contribution is -2.11. The molecule has 0 bridgehead atoms. The van der Waals surface area contributed by atoms with Crippen molar-refractivity contribution >= 4 is 29.3 Å². The Morgan fingerprint density at radius 2 is 2.32 bits per heavy atom. The summed E-state index contributed by atoms with van der Waals surface area (Å²) in [6, 6.07) is 4.47. The normalized spacial score (nSPS) is 10.6. The Labute approximate surface area is 116 Å². The number of tetrazole rings is 1. The van der Waals surface area contributed by atoms with Crippen LogP contribution in [-0.4, -0.2) is 31.3 Å². The number of aliphatic carboxylic acids is 1. The number of carbonyl (C=O) groups is 1. The summed E-state index contributed by atoms with van der Waals surface area (Å²) in [6.45, 7) is -0.315. The Kier molecular flexibility index (Phi) is 4.33. The molecular formula is C10H8ClFN4O2S. The van der Waals surface area contributed by atoms with Crippen molar-refractivity contribution in [2.75, 3.05) is 0 Å². The second-order valence-corrected chi connectivity index (χ2v) is 4.90. The molecule has 2 aromatic rings. The van der Waals surface area contributed by atoms with Gasteiger partial charge in [0.2, 0.25) is 5.16 Å². The molecule has 9 heteroatoms. The summed E-state index contributed by atoms with van der Waals surface area (Å²) in [5.74, 6) is -1.12. The summed E-state index contributed by atoms with van der Waals surface area (Å²) in [5, 5.41) is 19.8. The first-order valence-corrected chi connectivity index (χ1v) is 6.47. The zero-order valence-corrected chi connectivity index (χ0v) is 11.0. The molecule has 0 unspecified atom stereocenters. The smallest absolute Gasteiger partial charge is 0.325 e. The number of carboxylic acids is 1. The standard InChI is InChI=1S/C10H8ClFN4O2S/c11-7-2-1-6(3-8(7)12)5-19-10-13-14-15-16(10)4-9(17)18/h1-3H,4-5H2,(H,17,18). The van der Waals surface area contributed by atoms with E-state index in [-0.39, 0.29) is 11.6 Å². The highest BCUT2D eigenvalue weighted by atomic mass is 35.5. The van der Waals surface area contributed by atoms with Crippen LogP contribution >= 0.6 is 23.4 Å². The van der Waals surface area contributed by atoms with Crippen LogP contribution in [-0.2, 0) is 17.1 Å². The molecule has 0 aliphatic heterocycles.